The zero-order valence-corrected chi connectivity index (χ0v) is 70.9. The minimum Gasteiger partial charge on any atom is -0.456 e. The fourth-order valence-electron chi connectivity index (χ4n) is 15.9. The van der Waals surface area contributed by atoms with Crippen molar-refractivity contribution < 1.29 is 68.8 Å². The van der Waals surface area contributed by atoms with Gasteiger partial charge in [0.05, 0.1) is 64.4 Å². The Balaban J connectivity index is 0.000000142. The molecule has 2 aliphatic rings. The fraction of sp³-hybridized carbons (Fsp3) is 0.0410. The number of hydrogen-bond donors (Lipinski definition) is 0. The quantitative estimate of drug-likeness (QED) is 0.103. The van der Waals surface area contributed by atoms with Gasteiger partial charge in [0.2, 0.25) is 0 Å². The predicted molar refractivity (Wildman–Crippen MR) is 550 cm³/mol. The van der Waals surface area contributed by atoms with Crippen LogP contribution in [0.15, 0.2) is 446 Å². The van der Waals surface area contributed by atoms with Gasteiger partial charge in [-0.2, -0.15) is 0 Å². The summed E-state index contributed by atoms with van der Waals surface area (Å²) in [6.07, 6.45) is 0. The van der Waals surface area contributed by atoms with E-state index in [0.29, 0.717) is 33.4 Å². The van der Waals surface area contributed by atoms with E-state index in [4.69, 9.17) is 81.4 Å². The molecule has 10 nitrogen and oxygen atoms in total. The van der Waals surface area contributed by atoms with Gasteiger partial charge in [0.25, 0.3) is 0 Å². The van der Waals surface area contributed by atoms with Gasteiger partial charge in [0.1, 0.15) is 19.2 Å². The minimum absolute atomic E-state index is 0.0115. The fourth-order valence-corrected chi connectivity index (χ4v) is 18.6. The molecule has 5 heterocycles. The maximum absolute atomic E-state index is 9.58. The smallest absolute Gasteiger partial charge is 0.164 e. The molecule has 0 saturated heterocycles. The summed E-state index contributed by atoms with van der Waals surface area (Å²) in [5.41, 5.74) is 2.21. The molecule has 0 bridgehead atoms. The lowest BCUT2D eigenvalue weighted by Gasteiger charge is -2.21. The Morgan fingerprint density at radius 2 is 0.594 bits per heavy atom. The number of furan rings is 1. The molecule has 0 saturated carbocycles. The second-order valence-electron chi connectivity index (χ2n) is 31.4. The van der Waals surface area contributed by atoms with Crippen LogP contribution in [0.3, 0.4) is 0 Å². The third kappa shape index (κ3) is 15.4. The maximum Gasteiger partial charge on any atom is 0.164 e. The number of fused-ring (bicyclic) bond motifs is 12. The molecular weight excluding hydrogens is 1640 g/mol. The molecule has 0 fully saturated rings. The number of hydrogen-bond acceptors (Lipinski definition) is 10. The van der Waals surface area contributed by atoms with Crippen molar-refractivity contribution in [1.82, 2.24) is 44.9 Å². The summed E-state index contributed by atoms with van der Waals surface area (Å²) in [6, 6.07) is 17.8. The lowest BCUT2D eigenvalue weighted by atomic mass is 9.82. The Labute approximate surface area is 838 Å². The van der Waals surface area contributed by atoms with Crippen molar-refractivity contribution in [2.75, 3.05) is 0 Å². The first-order chi connectivity index (χ1) is 85.0. The molecule has 4 aromatic heterocycles. The number of benzene rings is 19. The molecule has 19 aromatic carbocycles. The molecule has 1 aliphatic carbocycles. The lowest BCUT2D eigenvalue weighted by Crippen LogP contribution is -2.49. The van der Waals surface area contributed by atoms with Crippen LogP contribution in [0.1, 0.15) is 89.4 Å². The van der Waals surface area contributed by atoms with Crippen LogP contribution in [0.5, 0.6) is 0 Å². The first kappa shape index (κ1) is 44.8. The molecule has 628 valence electrons. The van der Waals surface area contributed by atoms with E-state index in [1.54, 1.807) is 92.0 Å². The summed E-state index contributed by atoms with van der Waals surface area (Å²) in [6.45, 7) is 7.68. The topological polar surface area (TPSA) is 129 Å². The summed E-state index contributed by atoms with van der Waals surface area (Å²) in [5, 5.41) is -1.67. The second kappa shape index (κ2) is 33.9. The summed E-state index contributed by atoms with van der Waals surface area (Å²) in [4.78, 5) is 41.7. The van der Waals surface area contributed by atoms with E-state index >= 15 is 0 Å². The number of nitrogens with zero attached hydrogens (tertiary/aromatic N) is 9. The zero-order valence-electron chi connectivity index (χ0n) is 117. The van der Waals surface area contributed by atoms with Gasteiger partial charge >= 0.3 is 0 Å². The van der Waals surface area contributed by atoms with Crippen LogP contribution in [0.4, 0.5) is 0 Å². The molecule has 0 radical (unpaired) electrons. The predicted octanol–water partition coefficient (Wildman–Crippen LogP) is 29.8. The van der Waals surface area contributed by atoms with Crippen molar-refractivity contribution in [2.24, 2.45) is 0 Å². The van der Waals surface area contributed by atoms with E-state index in [-0.39, 0.29) is 164 Å². The van der Waals surface area contributed by atoms with Crippen molar-refractivity contribution in [1.29, 1.82) is 0 Å². The number of aromatic nitrogens is 9. The molecule has 0 spiro atoms. The van der Waals surface area contributed by atoms with Crippen LogP contribution in [-0.4, -0.2) is 52.9 Å². The number of rotatable bonds is 13. The Morgan fingerprint density at radius 3 is 1.15 bits per heavy atom. The van der Waals surface area contributed by atoms with Gasteiger partial charge in [-0.25, -0.2) is 44.9 Å². The summed E-state index contributed by atoms with van der Waals surface area (Å²) in [5.74, 6) is -1.60. The standard InChI is InChI=1S/C43H27N3O.C40H29N3.C39H29N3Si/c1-3-10-28(11-4-1)35-24-25-38-37(27-35)40-36(16-9-17-39(40)47-38)43-45-41(31-13-5-2-6-14-31)44-42(46-43)32-21-18-30(19-22-32)34-23-20-29-12-7-8-15-33(29)26-34;1-40(2)34-17-9-8-15-32(34)36-33(16-10-18-35(36)40)39-42-37(28-12-4-3-5-13-28)41-38(43-39)29-22-19-27(20-23-29)31-24-21-26-11-6-7-14-30(26)25-31;1-43(2)35-15-9-8-14-33(35)34-23-22-32(25-36(34)43)39-41-37(28-11-4-3-5-12-28)40-38(42-39)29-19-16-27(17-20-29)31-21-18-26-10-6-7-13-30(26)24-31/h1-27H;2*3-25H,1-2H3/i7D,8D,9D,12D,15D,16D,17D,20D,23D,24D,25D,26D,27D;6D,7D,11D,14D,19D,20D,21D,22D,23D,24D,25D;3D,4D,5D,6D,7D,8D,9D,10D,11D,12D,13D,14D,15D,16D,17D,18D,19D,20D,21D,22D,23D,24D,25D. The van der Waals surface area contributed by atoms with E-state index in [9.17, 15) is 12.3 Å². The average Bonchev–Trinajstić information content (AvgIpc) is 1.52. The molecule has 0 N–H and O–H groups in total. The largest absolute Gasteiger partial charge is 0.456 e. The Hall–Kier alpha value is -17.0. The van der Waals surface area contributed by atoms with Crippen LogP contribution >= 0.6 is 0 Å². The third-order valence-corrected chi connectivity index (χ3v) is 25.8. The van der Waals surface area contributed by atoms with E-state index in [1.807, 2.05) is 60.7 Å². The highest BCUT2D eigenvalue weighted by Crippen LogP contribution is 2.52. The average molecular weight is 1770 g/mol. The molecule has 11 heteroatoms. The monoisotopic (exact) mass is 1770 g/mol. The summed E-state index contributed by atoms with van der Waals surface area (Å²) < 4.78 is 416. The van der Waals surface area contributed by atoms with E-state index in [1.165, 1.54) is 0 Å². The van der Waals surface area contributed by atoms with Gasteiger partial charge in [-0.15, -0.1) is 0 Å². The third-order valence-electron chi connectivity index (χ3n) is 22.5. The van der Waals surface area contributed by atoms with E-state index in [0.717, 1.165) is 22.3 Å². The molecule has 1 aliphatic heterocycles. The Morgan fingerprint density at radius 1 is 0.226 bits per heavy atom. The minimum atomic E-state index is -3.38. The zero-order chi connectivity index (χ0) is 130. The first-order valence-corrected chi connectivity index (χ1v) is 44.3. The Bertz CT molecular complexity index is 11400. The molecule has 0 amide bonds. The van der Waals surface area contributed by atoms with Crippen LogP contribution in [0.25, 0.3) is 224 Å². The van der Waals surface area contributed by atoms with Crippen molar-refractivity contribution in [3.05, 3.63) is 453 Å². The van der Waals surface area contributed by atoms with Crippen LogP contribution in [0.2, 0.25) is 13.1 Å². The Kier molecular flexibility index (Phi) is 11.4. The van der Waals surface area contributed by atoms with Crippen LogP contribution < -0.4 is 10.4 Å². The molecule has 133 heavy (non-hydrogen) atoms. The van der Waals surface area contributed by atoms with E-state index < -0.39 is 323 Å². The SMILES string of the molecule is [2H]c1c(-c2ccccc2)c([2H])c2c(oc3c([2H])c([2H])c([2H])c(-c4nc(-c5ccccc5)nc(-c5ccc(-c6c([2H])c([2H])c7c([2H])c([2H])c([2H])c([2H])c7c6[2H])cc5)n4)c32)c1[2H].[2H]c1c([2H])c(-c2c([2H])c([2H])c3c([2H])c([2H])c([2H])c([2H])c3c2[2H])c([2H])c([2H])c1-c1nc(-c2ccccc2)nc(-c2cccc3c2-c2ccccc2C3(C)C)n1.[2H]c1c([2H])c([2H])c(-c2nc(-c3c([2H])c([2H])c(-c4c([2H])c([2H])c5c([2H])c([2H])c([2H])c([2H])c5c4[2H])c([2H])c3[2H])nc(-c3c([2H])c([2H])c4c(c3[2H])[Si](C)(C)c3c([2H])c([2H])c([2H])c([2H])c3-4)n2)c([2H])c1[2H]. The van der Waals surface area contributed by atoms with Crippen LogP contribution in [-0.2, 0) is 5.41 Å². The highest BCUT2D eigenvalue weighted by molar-refractivity contribution is 7.03. The van der Waals surface area contributed by atoms with Crippen molar-refractivity contribution in [3.63, 3.8) is 0 Å². The van der Waals surface area contributed by atoms with Gasteiger partial charge in [-0.1, -0.05) is 432 Å². The van der Waals surface area contributed by atoms with Gasteiger partial charge < -0.3 is 4.42 Å². The highest BCUT2D eigenvalue weighted by atomic mass is 28.3. The second-order valence-corrected chi connectivity index (χ2v) is 35.6. The highest BCUT2D eigenvalue weighted by Gasteiger charge is 2.39. The maximum atomic E-state index is 9.58. The van der Waals surface area contributed by atoms with Gasteiger partial charge in [-0.3, -0.25) is 0 Å². The van der Waals surface area contributed by atoms with Gasteiger partial charge in [-0.05, 0) is 157 Å². The lowest BCUT2D eigenvalue weighted by molar-refractivity contribution is 0.660. The molecule has 25 rings (SSSR count). The first-order valence-electron chi connectivity index (χ1n) is 64.8. The molecule has 0 atom stereocenters. The van der Waals surface area contributed by atoms with Gasteiger partial charge in [0.15, 0.2) is 52.4 Å². The molecule has 0 unspecified atom stereocenters. The molecule has 23 aromatic rings. The molecular formula is C122H85N9OSi. The van der Waals surface area contributed by atoms with Crippen molar-refractivity contribution in [3.8, 4) is 169 Å². The van der Waals surface area contributed by atoms with Gasteiger partial charge in [0, 0.05) is 66.3 Å². The summed E-state index contributed by atoms with van der Waals surface area (Å²) in [7, 11) is -3.38. The normalized spacial score (nSPS) is 17.4. The van der Waals surface area contributed by atoms with Crippen molar-refractivity contribution >= 4 is 72.7 Å². The summed E-state index contributed by atoms with van der Waals surface area (Å²) >= 11 is 0. The van der Waals surface area contributed by atoms with E-state index in [2.05, 4.69) is 52.0 Å². The van der Waals surface area contributed by atoms with Crippen LogP contribution in [0, 0.1) is 0 Å². The van der Waals surface area contributed by atoms with Crippen molar-refractivity contribution in [2.45, 2.75) is 32.4 Å².